The van der Waals surface area contributed by atoms with Gasteiger partial charge in [-0.15, -0.1) is 0 Å². The highest BCUT2D eigenvalue weighted by Crippen LogP contribution is 2.48. The minimum Gasteiger partial charge on any atom is -0.377 e. The van der Waals surface area contributed by atoms with Crippen molar-refractivity contribution in [1.82, 2.24) is 0 Å². The molecule has 2 rings (SSSR count). The van der Waals surface area contributed by atoms with E-state index in [-0.39, 0.29) is 37.4 Å². The second-order valence-electron chi connectivity index (χ2n) is 9.57. The van der Waals surface area contributed by atoms with E-state index in [1.807, 2.05) is 50.3 Å². The van der Waals surface area contributed by atoms with E-state index in [2.05, 4.69) is 0 Å². The predicted octanol–water partition coefficient (Wildman–Crippen LogP) is -0.157. The minimum atomic E-state index is -4.47. The molecule has 32 heavy (non-hydrogen) atoms. The van der Waals surface area contributed by atoms with Crippen molar-refractivity contribution in [3.63, 3.8) is 0 Å². The van der Waals surface area contributed by atoms with Crippen LogP contribution in [0.3, 0.4) is 0 Å². The summed E-state index contributed by atoms with van der Waals surface area (Å²) in [4.78, 5) is 10.5. The number of phosphoric ester groups is 1. The first-order valence-corrected chi connectivity index (χ1v) is 12.6. The van der Waals surface area contributed by atoms with Gasteiger partial charge in [0.25, 0.3) is 0 Å². The summed E-state index contributed by atoms with van der Waals surface area (Å²) in [6.07, 6.45) is -3.39. The monoisotopic (exact) mass is 480 g/mol. The first kappa shape index (κ1) is 28.2. The van der Waals surface area contributed by atoms with Gasteiger partial charge in [0.1, 0.15) is 52.3 Å². The summed E-state index contributed by atoms with van der Waals surface area (Å²) >= 11 is 0. The van der Waals surface area contributed by atoms with Crippen molar-refractivity contribution in [1.29, 1.82) is 0 Å². The third-order valence-electron chi connectivity index (χ3n) is 5.40. The molecule has 0 aromatic heterocycles. The van der Waals surface area contributed by atoms with Crippen LogP contribution in [-0.4, -0.2) is 108 Å². The highest BCUT2D eigenvalue weighted by molar-refractivity contribution is 7.47. The van der Waals surface area contributed by atoms with Gasteiger partial charge in [-0.25, -0.2) is 4.57 Å². The molecule has 0 aliphatic carbocycles. The van der Waals surface area contributed by atoms with Gasteiger partial charge in [-0.05, 0) is 34.6 Å². The maximum atomic E-state index is 12.8. The fraction of sp³-hybridized carbons (Fsp3) is 1.00. The lowest BCUT2D eigenvalue weighted by atomic mass is 9.93. The molecule has 2 fully saturated rings. The lowest BCUT2D eigenvalue weighted by Gasteiger charge is -2.28. The van der Waals surface area contributed by atoms with Crippen molar-refractivity contribution in [3.8, 4) is 0 Å². The molecule has 2 saturated heterocycles. The van der Waals surface area contributed by atoms with Crippen LogP contribution in [0, 0.1) is 0 Å². The molecule has 13 heteroatoms. The maximum absolute atomic E-state index is 12.8. The summed E-state index contributed by atoms with van der Waals surface area (Å²) in [6.45, 7) is 9.54. The second-order valence-corrected chi connectivity index (χ2v) is 11.0. The number of rotatable bonds is 11. The summed E-state index contributed by atoms with van der Waals surface area (Å²) in [5.41, 5.74) is -0.401. The first-order valence-electron chi connectivity index (χ1n) is 11.1. The lowest BCUT2D eigenvalue weighted by Crippen LogP contribution is -2.40. The van der Waals surface area contributed by atoms with Crippen LogP contribution in [0.25, 0.3) is 0 Å². The zero-order valence-electron chi connectivity index (χ0n) is 20.7. The number of hydrogen-bond acceptors (Lipinski definition) is 9. The van der Waals surface area contributed by atoms with Crippen molar-refractivity contribution in [2.75, 3.05) is 27.4 Å². The Morgan fingerprint density at radius 1 is 0.938 bits per heavy atom. The Morgan fingerprint density at radius 3 is 1.91 bits per heavy atom. The smallest absolute Gasteiger partial charge is 0.377 e. The Labute approximate surface area is 193 Å². The normalized spacial score (nSPS) is 37.8. The summed E-state index contributed by atoms with van der Waals surface area (Å²) in [5.74, 6) is 0. The van der Waals surface area contributed by atoms with Crippen molar-refractivity contribution in [2.24, 2.45) is 0 Å². The quantitative estimate of drug-likeness (QED) is 0.317. The van der Waals surface area contributed by atoms with Gasteiger partial charge in [0, 0.05) is 14.2 Å². The maximum Gasteiger partial charge on any atom is 0.472 e. The molecular formula is C19H39B2O10P. The van der Waals surface area contributed by atoms with Crippen LogP contribution in [0.4, 0.5) is 0 Å². The molecule has 10 nitrogen and oxygen atoms in total. The Hall–Kier alpha value is -0.000130. The highest BCUT2D eigenvalue weighted by atomic mass is 31.2. The zero-order chi connectivity index (χ0) is 24.3. The van der Waals surface area contributed by atoms with E-state index in [1.165, 1.54) is 7.11 Å². The van der Waals surface area contributed by atoms with E-state index in [0.717, 1.165) is 0 Å². The van der Waals surface area contributed by atoms with Crippen LogP contribution in [0.15, 0.2) is 0 Å². The molecule has 0 aromatic carbocycles. The van der Waals surface area contributed by atoms with E-state index in [4.69, 9.17) is 37.5 Å². The lowest BCUT2D eigenvalue weighted by molar-refractivity contribution is -0.0910. The number of methoxy groups -OCH3 is 2. The van der Waals surface area contributed by atoms with Gasteiger partial charge in [-0.2, -0.15) is 0 Å². The van der Waals surface area contributed by atoms with Gasteiger partial charge in [-0.3, -0.25) is 9.05 Å². The molecule has 0 saturated carbocycles. The molecule has 2 aliphatic heterocycles. The summed E-state index contributed by atoms with van der Waals surface area (Å²) < 4.78 is 58.1. The molecule has 0 radical (unpaired) electrons. The molecule has 9 unspecified atom stereocenters. The molecule has 186 valence electrons. The summed E-state index contributed by atoms with van der Waals surface area (Å²) in [7, 11) is 2.29. The molecule has 0 bridgehead atoms. The summed E-state index contributed by atoms with van der Waals surface area (Å²) in [6, 6.07) is -0.596. The largest absolute Gasteiger partial charge is 0.472 e. The Bertz CT molecular complexity index is 634. The molecule has 2 aliphatic rings. The molecule has 0 spiro atoms. The van der Waals surface area contributed by atoms with Gasteiger partial charge in [0.05, 0.1) is 36.9 Å². The van der Waals surface area contributed by atoms with Crippen LogP contribution >= 0.6 is 7.82 Å². The third kappa shape index (κ3) is 7.77. The molecule has 1 N–H and O–H groups in total. The molecular weight excluding hydrogens is 441 g/mol. The minimum absolute atomic E-state index is 0.0746. The Balaban J connectivity index is 2.04. The van der Waals surface area contributed by atoms with E-state index in [1.54, 1.807) is 7.11 Å². The first-order chi connectivity index (χ1) is 14.8. The number of ether oxygens (including phenoxy) is 6. The van der Waals surface area contributed by atoms with Crippen molar-refractivity contribution >= 4 is 23.5 Å². The van der Waals surface area contributed by atoms with Crippen molar-refractivity contribution < 1.29 is 46.9 Å². The van der Waals surface area contributed by atoms with Gasteiger partial charge < -0.3 is 33.3 Å². The van der Waals surface area contributed by atoms with Crippen molar-refractivity contribution in [3.05, 3.63) is 0 Å². The molecule has 0 amide bonds. The second kappa shape index (κ2) is 11.6. The van der Waals surface area contributed by atoms with Crippen LogP contribution < -0.4 is 0 Å². The third-order valence-corrected chi connectivity index (χ3v) is 6.38. The predicted molar refractivity (Wildman–Crippen MR) is 122 cm³/mol. The highest BCUT2D eigenvalue weighted by Gasteiger charge is 2.49. The fourth-order valence-electron chi connectivity index (χ4n) is 4.03. The van der Waals surface area contributed by atoms with Gasteiger partial charge in [0.15, 0.2) is 0 Å². The van der Waals surface area contributed by atoms with E-state index in [0.29, 0.717) is 0 Å². The fourth-order valence-corrected chi connectivity index (χ4v) is 4.99. The van der Waals surface area contributed by atoms with E-state index >= 15 is 0 Å². The molecule has 9 atom stereocenters. The summed E-state index contributed by atoms with van der Waals surface area (Å²) in [5, 5.41) is 0. The van der Waals surface area contributed by atoms with Crippen LogP contribution in [0.2, 0.25) is 0 Å². The van der Waals surface area contributed by atoms with Crippen molar-refractivity contribution in [2.45, 2.75) is 95.0 Å². The average Bonchev–Trinajstić information content (AvgIpc) is 3.12. The Morgan fingerprint density at radius 2 is 1.44 bits per heavy atom. The average molecular weight is 480 g/mol. The van der Waals surface area contributed by atoms with Crippen LogP contribution in [-0.2, 0) is 42.0 Å². The molecule has 2 heterocycles. The Kier molecular flexibility index (Phi) is 10.3. The van der Waals surface area contributed by atoms with E-state index < -0.39 is 43.9 Å². The van der Waals surface area contributed by atoms with Crippen LogP contribution in [0.5, 0.6) is 0 Å². The van der Waals surface area contributed by atoms with E-state index in [9.17, 15) is 9.46 Å². The molecule has 0 aromatic rings. The van der Waals surface area contributed by atoms with Gasteiger partial charge >= 0.3 is 7.82 Å². The number of phosphoric acid groups is 1. The zero-order valence-corrected chi connectivity index (χ0v) is 21.6. The standard InChI is InChI=1S/C19H39B2O10P/c1-10(2)28-13-12(30-17(20)15(13)24-6)9-27-32(22,23)31-14-11(8-26-19(3,4)5)29-18(21)16(14)25-7/h10-18H,8-9,20-21H2,1-7H3,(H,22,23). The van der Waals surface area contributed by atoms with Crippen LogP contribution in [0.1, 0.15) is 34.6 Å². The SMILES string of the molecule is BC1OC(COP(=O)(O)OC2C(COC(C)(C)C)OC(B)C2OC)C(OC(C)C)C1OC. The number of hydrogen-bond donors (Lipinski definition) is 1. The van der Waals surface area contributed by atoms with Gasteiger partial charge in [0.2, 0.25) is 0 Å². The van der Waals surface area contributed by atoms with Gasteiger partial charge in [-0.1, -0.05) is 0 Å². The topological polar surface area (TPSA) is 111 Å².